The lowest BCUT2D eigenvalue weighted by Gasteiger charge is -2.36. The Labute approximate surface area is 187 Å². The van der Waals surface area contributed by atoms with Crippen LogP contribution in [-0.4, -0.2) is 35.1 Å². The Balaban J connectivity index is 1.56. The van der Waals surface area contributed by atoms with E-state index >= 15 is 0 Å². The van der Waals surface area contributed by atoms with Crippen LogP contribution in [0, 0.1) is 0 Å². The molecule has 158 valence electrons. The van der Waals surface area contributed by atoms with E-state index in [1.807, 2.05) is 48.5 Å². The molecule has 2 aromatic carbocycles. The highest BCUT2D eigenvalue weighted by molar-refractivity contribution is 7.99. The predicted octanol–water partition coefficient (Wildman–Crippen LogP) is 5.57. The Morgan fingerprint density at radius 1 is 1.20 bits per heavy atom. The fraction of sp³-hybridized carbons (Fsp3) is 0.333. The average Bonchev–Trinajstić information content (AvgIpc) is 2.75. The van der Waals surface area contributed by atoms with Crippen LogP contribution in [0.3, 0.4) is 0 Å². The number of halogens is 1. The standard InChI is InChI=1S/C24H27ClN2O2S/c1-2-23(28)26-20-7-5-6-18(16-20)17-24(29)27-14-4-3-8-21(27)13-15-30-22-11-9-19(25)10-12-22/h2,5-7,9-12,16,21H,1,3-4,8,13-15,17H2,(H,26,28). The van der Waals surface area contributed by atoms with Crippen molar-refractivity contribution in [3.8, 4) is 0 Å². The van der Waals surface area contributed by atoms with Crippen molar-refractivity contribution in [1.29, 1.82) is 0 Å². The number of carbonyl (C=O) groups excluding carboxylic acids is 2. The van der Waals surface area contributed by atoms with Crippen LogP contribution in [-0.2, 0) is 16.0 Å². The van der Waals surface area contributed by atoms with E-state index in [1.165, 1.54) is 17.4 Å². The molecule has 4 nitrogen and oxygen atoms in total. The van der Waals surface area contributed by atoms with Crippen LogP contribution in [0.5, 0.6) is 0 Å². The number of amides is 2. The third-order valence-electron chi connectivity index (χ3n) is 5.22. The topological polar surface area (TPSA) is 49.4 Å². The average molecular weight is 443 g/mol. The maximum Gasteiger partial charge on any atom is 0.247 e. The second-order valence-electron chi connectivity index (χ2n) is 7.40. The lowest BCUT2D eigenvalue weighted by Crippen LogP contribution is -2.44. The Hall–Kier alpha value is -2.24. The van der Waals surface area contributed by atoms with Gasteiger partial charge in [0.1, 0.15) is 0 Å². The van der Waals surface area contributed by atoms with E-state index in [1.54, 1.807) is 11.8 Å². The van der Waals surface area contributed by atoms with Gasteiger partial charge in [0.15, 0.2) is 0 Å². The Morgan fingerprint density at radius 3 is 2.77 bits per heavy atom. The first-order chi connectivity index (χ1) is 14.5. The molecule has 1 unspecified atom stereocenters. The van der Waals surface area contributed by atoms with Gasteiger partial charge < -0.3 is 10.2 Å². The minimum absolute atomic E-state index is 0.156. The fourth-order valence-corrected chi connectivity index (χ4v) is 4.78. The van der Waals surface area contributed by atoms with Crippen LogP contribution in [0.4, 0.5) is 5.69 Å². The van der Waals surface area contributed by atoms with Gasteiger partial charge >= 0.3 is 0 Å². The van der Waals surface area contributed by atoms with E-state index in [2.05, 4.69) is 16.8 Å². The first kappa shape index (κ1) is 22.4. The molecule has 0 radical (unpaired) electrons. The molecule has 30 heavy (non-hydrogen) atoms. The van der Waals surface area contributed by atoms with Crippen molar-refractivity contribution in [2.75, 3.05) is 17.6 Å². The van der Waals surface area contributed by atoms with Crippen LogP contribution in [0.15, 0.2) is 66.1 Å². The molecule has 1 aliphatic heterocycles. The summed E-state index contributed by atoms with van der Waals surface area (Å²) in [5.74, 6) is 0.871. The summed E-state index contributed by atoms with van der Waals surface area (Å²) >= 11 is 7.76. The molecule has 1 N–H and O–H groups in total. The van der Waals surface area contributed by atoms with Crippen molar-refractivity contribution in [3.63, 3.8) is 0 Å². The van der Waals surface area contributed by atoms with Crippen molar-refractivity contribution in [2.45, 2.75) is 43.0 Å². The highest BCUT2D eigenvalue weighted by Gasteiger charge is 2.26. The van der Waals surface area contributed by atoms with E-state index in [0.717, 1.165) is 42.1 Å². The monoisotopic (exact) mass is 442 g/mol. The second-order valence-corrected chi connectivity index (χ2v) is 9.00. The van der Waals surface area contributed by atoms with Gasteiger partial charge in [0, 0.05) is 28.2 Å². The number of rotatable bonds is 8. The maximum absolute atomic E-state index is 13.0. The summed E-state index contributed by atoms with van der Waals surface area (Å²) in [6.45, 7) is 4.29. The summed E-state index contributed by atoms with van der Waals surface area (Å²) in [4.78, 5) is 27.8. The Morgan fingerprint density at radius 2 is 2.00 bits per heavy atom. The zero-order valence-corrected chi connectivity index (χ0v) is 18.6. The van der Waals surface area contributed by atoms with Gasteiger partial charge in [-0.15, -0.1) is 11.8 Å². The number of hydrogen-bond acceptors (Lipinski definition) is 3. The van der Waals surface area contributed by atoms with E-state index in [-0.39, 0.29) is 17.9 Å². The molecule has 0 aromatic heterocycles. The third kappa shape index (κ3) is 6.64. The largest absolute Gasteiger partial charge is 0.339 e. The van der Waals surface area contributed by atoms with Crippen molar-refractivity contribution in [3.05, 3.63) is 71.8 Å². The molecule has 0 bridgehead atoms. The number of likely N-dealkylation sites (tertiary alicyclic amines) is 1. The number of carbonyl (C=O) groups is 2. The van der Waals surface area contributed by atoms with Crippen LogP contribution in [0.1, 0.15) is 31.2 Å². The van der Waals surface area contributed by atoms with Gasteiger partial charge in [-0.25, -0.2) is 0 Å². The quantitative estimate of drug-likeness (QED) is 0.429. The summed E-state index contributed by atoms with van der Waals surface area (Å²) in [7, 11) is 0. The highest BCUT2D eigenvalue weighted by Crippen LogP contribution is 2.26. The molecule has 1 fully saturated rings. The van der Waals surface area contributed by atoms with Gasteiger partial charge in [-0.1, -0.05) is 30.3 Å². The van der Waals surface area contributed by atoms with Gasteiger partial charge in [0.25, 0.3) is 0 Å². The van der Waals surface area contributed by atoms with E-state index in [9.17, 15) is 9.59 Å². The molecule has 0 saturated carbocycles. The summed E-state index contributed by atoms with van der Waals surface area (Å²) < 4.78 is 0. The number of piperidine rings is 1. The van der Waals surface area contributed by atoms with Gasteiger partial charge in [-0.3, -0.25) is 9.59 Å². The van der Waals surface area contributed by atoms with Crippen molar-refractivity contribution in [1.82, 2.24) is 4.90 Å². The van der Waals surface area contributed by atoms with Gasteiger partial charge in [0.2, 0.25) is 11.8 Å². The fourth-order valence-electron chi connectivity index (χ4n) is 3.70. The van der Waals surface area contributed by atoms with Crippen LogP contribution >= 0.6 is 23.4 Å². The lowest BCUT2D eigenvalue weighted by atomic mass is 9.98. The molecule has 0 aliphatic carbocycles. The minimum atomic E-state index is -0.257. The number of benzene rings is 2. The summed E-state index contributed by atoms with van der Waals surface area (Å²) in [6.07, 6.45) is 5.85. The summed E-state index contributed by atoms with van der Waals surface area (Å²) in [5, 5.41) is 3.49. The lowest BCUT2D eigenvalue weighted by molar-refractivity contribution is -0.134. The van der Waals surface area contributed by atoms with Crippen LogP contribution in [0.25, 0.3) is 0 Å². The second kappa shape index (κ2) is 11.2. The third-order valence-corrected chi connectivity index (χ3v) is 6.51. The van der Waals surface area contributed by atoms with Crippen LogP contribution in [0.2, 0.25) is 5.02 Å². The molecular weight excluding hydrogens is 416 g/mol. The molecule has 3 rings (SSSR count). The molecule has 0 spiro atoms. The predicted molar refractivity (Wildman–Crippen MR) is 125 cm³/mol. The summed E-state index contributed by atoms with van der Waals surface area (Å²) in [5.41, 5.74) is 1.58. The Bertz CT molecular complexity index is 885. The zero-order valence-electron chi connectivity index (χ0n) is 17.0. The molecular formula is C24H27ClN2O2S. The maximum atomic E-state index is 13.0. The van der Waals surface area contributed by atoms with Gasteiger partial charge in [0.05, 0.1) is 6.42 Å². The number of thioether (sulfide) groups is 1. The summed E-state index contributed by atoms with van der Waals surface area (Å²) in [6, 6.07) is 15.6. The molecule has 1 heterocycles. The van der Waals surface area contributed by atoms with Crippen molar-refractivity contribution < 1.29 is 9.59 Å². The minimum Gasteiger partial charge on any atom is -0.339 e. The van der Waals surface area contributed by atoms with Gasteiger partial charge in [-0.2, -0.15) is 0 Å². The number of nitrogens with zero attached hydrogens (tertiary/aromatic N) is 1. The first-order valence-electron chi connectivity index (χ1n) is 10.3. The Kier molecular flexibility index (Phi) is 8.40. The molecule has 1 saturated heterocycles. The van der Waals surface area contributed by atoms with Crippen molar-refractivity contribution in [2.24, 2.45) is 0 Å². The number of hydrogen-bond donors (Lipinski definition) is 1. The molecule has 1 aliphatic rings. The molecule has 1 atom stereocenters. The SMILES string of the molecule is C=CC(=O)Nc1cccc(CC(=O)N2CCCCC2CCSc2ccc(Cl)cc2)c1. The van der Waals surface area contributed by atoms with E-state index in [4.69, 9.17) is 11.6 Å². The zero-order chi connectivity index (χ0) is 21.3. The smallest absolute Gasteiger partial charge is 0.247 e. The molecule has 2 amide bonds. The first-order valence-corrected chi connectivity index (χ1v) is 11.6. The number of anilines is 1. The highest BCUT2D eigenvalue weighted by atomic mass is 35.5. The molecule has 2 aromatic rings. The van der Waals surface area contributed by atoms with Crippen LogP contribution < -0.4 is 5.32 Å². The van der Waals surface area contributed by atoms with Gasteiger partial charge in [-0.05, 0) is 79.5 Å². The molecule has 6 heteroatoms. The number of nitrogens with one attached hydrogen (secondary N) is 1. The van der Waals surface area contributed by atoms with Crippen molar-refractivity contribution >= 4 is 40.9 Å². The normalized spacial score (nSPS) is 16.2. The van der Waals surface area contributed by atoms with E-state index < -0.39 is 0 Å². The van der Waals surface area contributed by atoms with E-state index in [0.29, 0.717) is 12.1 Å².